The first-order chi connectivity index (χ1) is 12.5. The zero-order chi connectivity index (χ0) is 19.4. The third-order valence-corrected chi connectivity index (χ3v) is 2.78. The second kappa shape index (κ2) is 10.8. The first-order valence-corrected chi connectivity index (χ1v) is 7.07. The van der Waals surface area contributed by atoms with Gasteiger partial charge >= 0.3 is 12.1 Å². The van der Waals surface area contributed by atoms with Gasteiger partial charge in [-0.2, -0.15) is 15.2 Å². The van der Waals surface area contributed by atoms with Gasteiger partial charge in [-0.3, -0.25) is 10.1 Å². The summed E-state index contributed by atoms with van der Waals surface area (Å²) >= 11 is 0. The number of nitrogens with zero attached hydrogens (tertiary/aromatic N) is 3. The van der Waals surface area contributed by atoms with E-state index in [-0.39, 0.29) is 37.9 Å². The molecule has 0 spiro atoms. The molecule has 0 radical (unpaired) electrons. The maximum Gasteiger partial charge on any atom is 0.408 e. The minimum atomic E-state index is -0.805. The van der Waals surface area contributed by atoms with Crippen LogP contribution in [0.4, 0.5) is 15.5 Å². The zero-order valence-corrected chi connectivity index (χ0v) is 13.6. The van der Waals surface area contributed by atoms with Crippen LogP contribution in [0.15, 0.2) is 9.79 Å². The number of nitrogens with one attached hydrogen (secondary N) is 4. The summed E-state index contributed by atoms with van der Waals surface area (Å²) in [6, 6.07) is -0.728. The normalized spacial score (nSPS) is 9.23. The van der Waals surface area contributed by atoms with Gasteiger partial charge in [0.25, 0.3) is 11.8 Å². The topological polar surface area (TPSA) is 188 Å². The molecule has 0 atom stereocenters. The fourth-order valence-corrected chi connectivity index (χ4v) is 1.68. The number of ether oxygens (including phenoxy) is 2. The van der Waals surface area contributed by atoms with Crippen LogP contribution in [0.2, 0.25) is 0 Å². The minimum Gasteiger partial charge on any atom is -0.449 e. The molecule has 1 aromatic rings. The van der Waals surface area contributed by atoms with Crippen molar-refractivity contribution in [2.45, 2.75) is 13.3 Å². The molecule has 0 aromatic carbocycles. The molecular weight excluding hydrogens is 350 g/mol. The minimum absolute atomic E-state index is 0.0843. The van der Waals surface area contributed by atoms with Crippen molar-refractivity contribution in [3.05, 3.63) is 21.6 Å². The van der Waals surface area contributed by atoms with Gasteiger partial charge in [0.15, 0.2) is 6.73 Å². The van der Waals surface area contributed by atoms with Crippen molar-refractivity contribution in [3.63, 3.8) is 0 Å². The van der Waals surface area contributed by atoms with E-state index in [1.54, 1.807) is 6.92 Å². The van der Waals surface area contributed by atoms with Gasteiger partial charge in [0.2, 0.25) is 12.0 Å². The van der Waals surface area contributed by atoms with Crippen LogP contribution in [0.25, 0.3) is 0 Å². The van der Waals surface area contributed by atoms with Crippen LogP contribution in [0.3, 0.4) is 0 Å². The molecule has 1 aromatic heterocycles. The number of alkyl carbamates (subject to hydrolysis) is 1. The van der Waals surface area contributed by atoms with Gasteiger partial charge in [0.05, 0.1) is 6.61 Å². The summed E-state index contributed by atoms with van der Waals surface area (Å²) in [6.45, 7) is 0.882. The SMILES string of the molecule is Cc1[nH]c(NC(=O)NCOC#N)nc(=O)c1CCOC(=O)NCN=C=O. The summed E-state index contributed by atoms with van der Waals surface area (Å²) in [5, 5.41) is 14.8. The molecule has 0 saturated carbocycles. The molecule has 0 aliphatic heterocycles. The molecule has 13 heteroatoms. The second-order valence-corrected chi connectivity index (χ2v) is 4.48. The summed E-state index contributed by atoms with van der Waals surface area (Å²) < 4.78 is 9.08. The number of urea groups is 1. The average molecular weight is 365 g/mol. The molecular formula is C13H15N7O6. The Kier molecular flexibility index (Phi) is 8.35. The van der Waals surface area contributed by atoms with Crippen molar-refractivity contribution in [2.24, 2.45) is 4.99 Å². The van der Waals surface area contributed by atoms with Crippen molar-refractivity contribution in [2.75, 3.05) is 25.3 Å². The largest absolute Gasteiger partial charge is 0.449 e. The lowest BCUT2D eigenvalue weighted by molar-refractivity contribution is 0.147. The van der Waals surface area contributed by atoms with Gasteiger partial charge in [0.1, 0.15) is 6.67 Å². The Hall–Kier alpha value is -3.91. The van der Waals surface area contributed by atoms with Crippen LogP contribution < -0.4 is 21.5 Å². The highest BCUT2D eigenvalue weighted by Gasteiger charge is 2.11. The van der Waals surface area contributed by atoms with Crippen LogP contribution in [-0.2, 0) is 20.7 Å². The Balaban J connectivity index is 2.57. The summed E-state index contributed by atoms with van der Waals surface area (Å²) in [4.78, 5) is 54.1. The number of hydrogen-bond acceptors (Lipinski definition) is 9. The lowest BCUT2D eigenvalue weighted by Crippen LogP contribution is -2.32. The smallest absolute Gasteiger partial charge is 0.408 e. The summed E-state index contributed by atoms with van der Waals surface area (Å²) in [5.41, 5.74) is 0.0741. The van der Waals surface area contributed by atoms with E-state index in [9.17, 15) is 19.2 Å². The fraction of sp³-hybridized carbons (Fsp3) is 0.385. The van der Waals surface area contributed by atoms with E-state index in [0.717, 1.165) is 0 Å². The maximum absolute atomic E-state index is 12.0. The number of carbonyl (C=O) groups is 2. The van der Waals surface area contributed by atoms with Crippen molar-refractivity contribution < 1.29 is 23.9 Å². The van der Waals surface area contributed by atoms with Crippen molar-refractivity contribution in [3.8, 4) is 6.26 Å². The molecule has 0 aliphatic rings. The van der Waals surface area contributed by atoms with Gasteiger partial charge in [-0.25, -0.2) is 14.4 Å². The van der Waals surface area contributed by atoms with Crippen molar-refractivity contribution in [1.29, 1.82) is 5.26 Å². The highest BCUT2D eigenvalue weighted by Crippen LogP contribution is 2.03. The maximum atomic E-state index is 12.0. The predicted octanol–water partition coefficient (Wildman–Crippen LogP) is -0.783. The molecule has 0 saturated heterocycles. The molecule has 1 heterocycles. The lowest BCUT2D eigenvalue weighted by Gasteiger charge is -2.09. The number of aromatic amines is 1. The van der Waals surface area contributed by atoms with E-state index in [4.69, 9.17) is 10.00 Å². The van der Waals surface area contributed by atoms with Crippen LogP contribution in [0.5, 0.6) is 0 Å². The number of carbonyl (C=O) groups excluding carboxylic acids is 3. The van der Waals surface area contributed by atoms with Crippen LogP contribution in [0.1, 0.15) is 11.3 Å². The van der Waals surface area contributed by atoms with Gasteiger partial charge in [-0.15, -0.1) is 0 Å². The molecule has 138 valence electrons. The fourth-order valence-electron chi connectivity index (χ4n) is 1.68. The van der Waals surface area contributed by atoms with E-state index in [1.165, 1.54) is 12.3 Å². The highest BCUT2D eigenvalue weighted by molar-refractivity contribution is 5.87. The predicted molar refractivity (Wildman–Crippen MR) is 84.5 cm³/mol. The standard InChI is InChI=1S/C13H15N7O6/c1-8-9(2-3-26-13(24)16-5-15-6-21)10(22)19-11(18-8)20-12(23)17-7-25-4-14/h2-3,5,7H2,1H3,(H,16,24)(H3,17,18,19,20,22,23). The average Bonchev–Trinajstić information content (AvgIpc) is 2.58. The summed E-state index contributed by atoms with van der Waals surface area (Å²) in [5.74, 6) is -0.101. The molecule has 26 heavy (non-hydrogen) atoms. The molecule has 1 rings (SSSR count). The van der Waals surface area contributed by atoms with Crippen molar-refractivity contribution in [1.82, 2.24) is 20.6 Å². The van der Waals surface area contributed by atoms with Gasteiger partial charge in [0, 0.05) is 17.7 Å². The Morgan fingerprint density at radius 3 is 2.81 bits per heavy atom. The molecule has 13 nitrogen and oxygen atoms in total. The molecule has 0 bridgehead atoms. The van der Waals surface area contributed by atoms with Crippen LogP contribution in [-0.4, -0.2) is 48.2 Å². The molecule has 0 fully saturated rings. The number of amides is 3. The van der Waals surface area contributed by atoms with E-state index in [2.05, 4.69) is 35.6 Å². The Bertz CT molecular complexity index is 793. The Labute approximate surface area is 146 Å². The number of nitriles is 1. The highest BCUT2D eigenvalue weighted by atomic mass is 16.5. The van der Waals surface area contributed by atoms with Gasteiger partial charge in [-0.1, -0.05) is 0 Å². The second-order valence-electron chi connectivity index (χ2n) is 4.48. The number of hydrogen-bond donors (Lipinski definition) is 4. The first kappa shape index (κ1) is 20.1. The third-order valence-electron chi connectivity index (χ3n) is 2.78. The Morgan fingerprint density at radius 2 is 2.15 bits per heavy atom. The molecule has 0 aliphatic carbocycles. The van der Waals surface area contributed by atoms with Crippen LogP contribution in [0, 0.1) is 18.4 Å². The summed E-state index contributed by atoms with van der Waals surface area (Å²) in [6.07, 6.45) is 1.90. The molecule has 0 unspecified atom stereocenters. The third kappa shape index (κ3) is 7.11. The van der Waals surface area contributed by atoms with Gasteiger partial charge in [-0.05, 0) is 6.92 Å². The number of aryl methyl sites for hydroxylation is 1. The number of aromatic nitrogens is 2. The van der Waals surface area contributed by atoms with E-state index < -0.39 is 17.7 Å². The van der Waals surface area contributed by atoms with Gasteiger partial charge < -0.3 is 25.1 Å². The number of isocyanates is 1. The van der Waals surface area contributed by atoms with E-state index >= 15 is 0 Å². The van der Waals surface area contributed by atoms with Crippen LogP contribution >= 0.6 is 0 Å². The molecule has 4 N–H and O–H groups in total. The number of aliphatic imine (C=N–C) groups is 1. The number of anilines is 1. The number of H-pyrrole nitrogens is 1. The number of rotatable bonds is 8. The monoisotopic (exact) mass is 365 g/mol. The first-order valence-electron chi connectivity index (χ1n) is 7.07. The van der Waals surface area contributed by atoms with E-state index in [1.807, 2.05) is 0 Å². The zero-order valence-electron chi connectivity index (χ0n) is 13.6. The Morgan fingerprint density at radius 1 is 1.38 bits per heavy atom. The summed E-state index contributed by atoms with van der Waals surface area (Å²) in [7, 11) is 0. The lowest BCUT2D eigenvalue weighted by atomic mass is 10.2. The quantitative estimate of drug-likeness (QED) is 0.152. The van der Waals surface area contributed by atoms with Crippen molar-refractivity contribution >= 4 is 24.2 Å². The van der Waals surface area contributed by atoms with E-state index in [0.29, 0.717) is 5.69 Å². The molecule has 3 amide bonds.